The van der Waals surface area contributed by atoms with E-state index >= 15 is 0 Å². The molecule has 0 bridgehead atoms. The fourth-order valence-electron chi connectivity index (χ4n) is 3.37. The van der Waals surface area contributed by atoms with E-state index < -0.39 is 15.9 Å². The second-order valence-electron chi connectivity index (χ2n) is 6.86. The molecule has 0 unspecified atom stereocenters. The summed E-state index contributed by atoms with van der Waals surface area (Å²) in [4.78, 5) is 15.0. The summed E-state index contributed by atoms with van der Waals surface area (Å²) in [6, 6.07) is 11.4. The van der Waals surface area contributed by atoms with Crippen molar-refractivity contribution in [2.75, 3.05) is 30.5 Å². The molecule has 1 heterocycles. The standard InChI is InChI=1S/C23H27NO6S/c1-4-28-20-10-8-18(9-11-20)24(19-13-14-31(26,27)16-19)23(25)17-7-12-21(29-5-2)22(15-17)30-6-3/h7-15,19H,4-6,16H2,1-3H3/t19-/m0/s1. The molecule has 0 N–H and O–H groups in total. The van der Waals surface area contributed by atoms with Crippen LogP contribution in [0.3, 0.4) is 0 Å². The van der Waals surface area contributed by atoms with Gasteiger partial charge >= 0.3 is 0 Å². The smallest absolute Gasteiger partial charge is 0.258 e. The molecule has 1 aliphatic rings. The predicted octanol–water partition coefficient (Wildman–Crippen LogP) is 3.84. The van der Waals surface area contributed by atoms with Crippen LogP contribution in [0, 0.1) is 0 Å². The topological polar surface area (TPSA) is 82.1 Å². The lowest BCUT2D eigenvalue weighted by Crippen LogP contribution is -2.41. The molecule has 166 valence electrons. The summed E-state index contributed by atoms with van der Waals surface area (Å²) in [5, 5.41) is 1.16. The first kappa shape index (κ1) is 22.7. The van der Waals surface area contributed by atoms with E-state index in [2.05, 4.69) is 0 Å². The molecule has 0 aliphatic carbocycles. The Morgan fingerprint density at radius 1 is 0.935 bits per heavy atom. The molecule has 31 heavy (non-hydrogen) atoms. The van der Waals surface area contributed by atoms with Crippen LogP contribution in [0.5, 0.6) is 17.2 Å². The Kier molecular flexibility index (Phi) is 7.22. The van der Waals surface area contributed by atoms with Crippen molar-refractivity contribution in [3.63, 3.8) is 0 Å². The van der Waals surface area contributed by atoms with Crippen LogP contribution in [0.4, 0.5) is 5.69 Å². The number of ether oxygens (including phenoxy) is 3. The Balaban J connectivity index is 2.00. The van der Waals surface area contributed by atoms with Crippen molar-refractivity contribution >= 4 is 21.4 Å². The Morgan fingerprint density at radius 2 is 1.58 bits per heavy atom. The van der Waals surface area contributed by atoms with Crippen molar-refractivity contribution in [1.82, 2.24) is 0 Å². The molecule has 0 saturated heterocycles. The Hall–Kier alpha value is -3.00. The minimum Gasteiger partial charge on any atom is -0.494 e. The third kappa shape index (κ3) is 5.38. The van der Waals surface area contributed by atoms with Gasteiger partial charge in [-0.1, -0.05) is 0 Å². The van der Waals surface area contributed by atoms with Crippen molar-refractivity contribution in [3.05, 3.63) is 59.5 Å². The molecule has 0 aromatic heterocycles. The van der Waals surface area contributed by atoms with E-state index in [0.717, 1.165) is 5.41 Å². The van der Waals surface area contributed by atoms with Crippen LogP contribution in [0.25, 0.3) is 0 Å². The third-order valence-corrected chi connectivity index (χ3v) is 6.06. The van der Waals surface area contributed by atoms with Gasteiger partial charge in [0.15, 0.2) is 21.3 Å². The summed E-state index contributed by atoms with van der Waals surface area (Å²) in [6.45, 7) is 7.03. The molecule has 3 rings (SSSR count). The number of carbonyl (C=O) groups excluding carboxylic acids is 1. The van der Waals surface area contributed by atoms with Gasteiger partial charge in [0.2, 0.25) is 0 Å². The van der Waals surface area contributed by atoms with E-state index in [0.29, 0.717) is 48.3 Å². The van der Waals surface area contributed by atoms with Crippen molar-refractivity contribution in [3.8, 4) is 17.2 Å². The summed E-state index contributed by atoms with van der Waals surface area (Å²) >= 11 is 0. The molecule has 0 saturated carbocycles. The number of carbonyl (C=O) groups is 1. The van der Waals surface area contributed by atoms with Gasteiger partial charge in [0, 0.05) is 16.7 Å². The lowest BCUT2D eigenvalue weighted by Gasteiger charge is -2.28. The number of sulfone groups is 1. The molecule has 2 aromatic rings. The molecule has 0 fully saturated rings. The number of hydrogen-bond acceptors (Lipinski definition) is 6. The van der Waals surface area contributed by atoms with E-state index in [1.165, 1.54) is 4.90 Å². The zero-order valence-electron chi connectivity index (χ0n) is 17.9. The van der Waals surface area contributed by atoms with Crippen LogP contribution in [-0.2, 0) is 9.84 Å². The maximum atomic E-state index is 13.5. The van der Waals surface area contributed by atoms with Crippen LogP contribution in [0.2, 0.25) is 0 Å². The average molecular weight is 446 g/mol. The second-order valence-corrected chi connectivity index (χ2v) is 8.79. The van der Waals surface area contributed by atoms with Gasteiger partial charge in [0.05, 0.1) is 31.6 Å². The van der Waals surface area contributed by atoms with Crippen molar-refractivity contribution in [1.29, 1.82) is 0 Å². The van der Waals surface area contributed by atoms with Gasteiger partial charge < -0.3 is 19.1 Å². The van der Waals surface area contributed by atoms with Gasteiger partial charge in [0.25, 0.3) is 5.91 Å². The predicted molar refractivity (Wildman–Crippen MR) is 120 cm³/mol. The van der Waals surface area contributed by atoms with Crippen LogP contribution in [0.15, 0.2) is 53.9 Å². The van der Waals surface area contributed by atoms with Crippen molar-refractivity contribution < 1.29 is 27.4 Å². The van der Waals surface area contributed by atoms with Crippen LogP contribution < -0.4 is 19.1 Å². The van der Waals surface area contributed by atoms with Gasteiger partial charge in [0.1, 0.15) is 5.75 Å². The minimum atomic E-state index is -3.36. The van der Waals surface area contributed by atoms with Crippen LogP contribution >= 0.6 is 0 Å². The second kappa shape index (κ2) is 9.87. The first-order valence-corrected chi connectivity index (χ1v) is 12.0. The number of nitrogens with zero attached hydrogens (tertiary/aromatic N) is 1. The van der Waals surface area contributed by atoms with Crippen LogP contribution in [0.1, 0.15) is 31.1 Å². The lowest BCUT2D eigenvalue weighted by atomic mass is 10.1. The summed E-state index contributed by atoms with van der Waals surface area (Å²) in [5.74, 6) is 1.20. The molecule has 1 atom stereocenters. The zero-order valence-corrected chi connectivity index (χ0v) is 18.7. The van der Waals surface area contributed by atoms with Crippen molar-refractivity contribution in [2.45, 2.75) is 26.8 Å². The summed E-state index contributed by atoms with van der Waals surface area (Å²) in [5.41, 5.74) is 0.950. The minimum absolute atomic E-state index is 0.165. The van der Waals surface area contributed by atoms with E-state index in [1.54, 1.807) is 48.5 Å². The lowest BCUT2D eigenvalue weighted by molar-refractivity contribution is 0.0982. The number of rotatable bonds is 9. The quantitative estimate of drug-likeness (QED) is 0.583. The zero-order chi connectivity index (χ0) is 22.4. The van der Waals surface area contributed by atoms with Crippen LogP contribution in [-0.4, -0.2) is 45.9 Å². The SMILES string of the molecule is CCOc1ccc(N(C(=O)c2ccc(OCC)c(OCC)c2)[C@H]2C=CS(=O)(=O)C2)cc1. The number of hydrogen-bond donors (Lipinski definition) is 0. The largest absolute Gasteiger partial charge is 0.494 e. The monoisotopic (exact) mass is 445 g/mol. The maximum absolute atomic E-state index is 13.5. The maximum Gasteiger partial charge on any atom is 0.258 e. The molecule has 1 amide bonds. The molecule has 1 aliphatic heterocycles. The highest BCUT2D eigenvalue weighted by Gasteiger charge is 2.32. The highest BCUT2D eigenvalue weighted by atomic mass is 32.2. The molecule has 7 nitrogen and oxygen atoms in total. The van der Waals surface area contributed by atoms with Gasteiger partial charge in [-0.05, 0) is 69.3 Å². The van der Waals surface area contributed by atoms with E-state index in [4.69, 9.17) is 14.2 Å². The Labute approximate surface area is 183 Å². The van der Waals surface area contributed by atoms with Crippen molar-refractivity contribution in [2.24, 2.45) is 0 Å². The molecule has 0 spiro atoms. The first-order chi connectivity index (χ1) is 14.9. The highest BCUT2D eigenvalue weighted by molar-refractivity contribution is 7.94. The average Bonchev–Trinajstić information content (AvgIpc) is 3.10. The summed E-state index contributed by atoms with van der Waals surface area (Å²) in [6.07, 6.45) is 1.54. The highest BCUT2D eigenvalue weighted by Crippen LogP contribution is 2.32. The molecular weight excluding hydrogens is 418 g/mol. The van der Waals surface area contributed by atoms with Gasteiger partial charge in [-0.2, -0.15) is 0 Å². The molecule has 0 radical (unpaired) electrons. The van der Waals surface area contributed by atoms with Gasteiger partial charge in [-0.15, -0.1) is 0 Å². The molecule has 8 heteroatoms. The fraction of sp³-hybridized carbons (Fsp3) is 0.348. The number of amides is 1. The molecular formula is C23H27NO6S. The normalized spacial score (nSPS) is 16.7. The first-order valence-electron chi connectivity index (χ1n) is 10.3. The van der Waals surface area contributed by atoms with Gasteiger partial charge in [-0.3, -0.25) is 4.79 Å². The van der Waals surface area contributed by atoms with E-state index in [9.17, 15) is 13.2 Å². The number of benzene rings is 2. The molecule has 2 aromatic carbocycles. The Bertz CT molecular complexity index is 1050. The third-order valence-electron chi connectivity index (χ3n) is 4.68. The fourth-order valence-corrected chi connectivity index (χ4v) is 4.64. The van der Waals surface area contributed by atoms with E-state index in [1.807, 2.05) is 20.8 Å². The Morgan fingerprint density at radius 3 is 2.16 bits per heavy atom. The summed E-state index contributed by atoms with van der Waals surface area (Å²) in [7, 11) is -3.36. The van der Waals surface area contributed by atoms with Gasteiger partial charge in [-0.25, -0.2) is 8.42 Å². The van der Waals surface area contributed by atoms with E-state index in [-0.39, 0.29) is 11.7 Å². The number of anilines is 1. The summed E-state index contributed by atoms with van der Waals surface area (Å²) < 4.78 is 40.8.